The Morgan fingerprint density at radius 1 is 1.07 bits per heavy atom. The number of benzene rings is 2. The highest BCUT2D eigenvalue weighted by Gasteiger charge is 2.12. The Morgan fingerprint density at radius 3 is 2.52 bits per heavy atom. The van der Waals surface area contributed by atoms with Gasteiger partial charge in [0.1, 0.15) is 6.61 Å². The van der Waals surface area contributed by atoms with Gasteiger partial charge >= 0.3 is 0 Å². The highest BCUT2D eigenvalue weighted by Crippen LogP contribution is 2.29. The molecule has 0 saturated carbocycles. The third-order valence-electron chi connectivity index (χ3n) is 4.60. The fraction of sp³-hybridized carbons (Fsp3) is 0.318. The lowest BCUT2D eigenvalue weighted by atomic mass is 10.1. The number of aromatic nitrogens is 2. The van der Waals surface area contributed by atoms with Gasteiger partial charge in [0.15, 0.2) is 11.5 Å². The third kappa shape index (κ3) is 4.89. The second-order valence-corrected chi connectivity index (χ2v) is 6.71. The van der Waals surface area contributed by atoms with Crippen LogP contribution < -0.4 is 14.8 Å². The predicted octanol–water partition coefficient (Wildman–Crippen LogP) is 4.17. The molecule has 1 atom stereocenters. The Kier molecular flexibility index (Phi) is 6.14. The van der Waals surface area contributed by atoms with E-state index in [2.05, 4.69) is 41.7 Å². The van der Waals surface area contributed by atoms with Crippen molar-refractivity contribution in [2.75, 3.05) is 7.11 Å². The van der Waals surface area contributed by atoms with Crippen LogP contribution in [-0.2, 0) is 20.2 Å². The summed E-state index contributed by atoms with van der Waals surface area (Å²) in [7, 11) is 3.61. The van der Waals surface area contributed by atoms with E-state index in [1.165, 1.54) is 5.56 Å². The van der Waals surface area contributed by atoms with Crippen LogP contribution in [0, 0.1) is 6.92 Å². The van der Waals surface area contributed by atoms with Crippen molar-refractivity contribution in [3.05, 3.63) is 77.1 Å². The molecule has 2 aromatic carbocycles. The molecule has 0 radical (unpaired) electrons. The maximum atomic E-state index is 6.00. The summed E-state index contributed by atoms with van der Waals surface area (Å²) in [5.41, 5.74) is 4.54. The predicted molar refractivity (Wildman–Crippen MR) is 107 cm³/mol. The Morgan fingerprint density at radius 2 is 1.85 bits per heavy atom. The van der Waals surface area contributed by atoms with E-state index in [0.717, 1.165) is 34.9 Å². The van der Waals surface area contributed by atoms with Gasteiger partial charge in [0.25, 0.3) is 0 Å². The van der Waals surface area contributed by atoms with Crippen LogP contribution in [0.15, 0.2) is 54.7 Å². The first-order valence-electron chi connectivity index (χ1n) is 9.14. The van der Waals surface area contributed by atoms with E-state index in [4.69, 9.17) is 9.47 Å². The van der Waals surface area contributed by atoms with Gasteiger partial charge in [-0.3, -0.25) is 4.68 Å². The van der Waals surface area contributed by atoms with Crippen molar-refractivity contribution in [1.82, 2.24) is 15.1 Å². The van der Waals surface area contributed by atoms with Gasteiger partial charge in [-0.1, -0.05) is 36.4 Å². The van der Waals surface area contributed by atoms with E-state index in [1.54, 1.807) is 7.11 Å². The van der Waals surface area contributed by atoms with Crippen LogP contribution in [0.4, 0.5) is 0 Å². The van der Waals surface area contributed by atoms with Crippen molar-refractivity contribution in [3.8, 4) is 11.5 Å². The molecule has 1 heterocycles. The smallest absolute Gasteiger partial charge is 0.161 e. The first-order chi connectivity index (χ1) is 13.1. The van der Waals surface area contributed by atoms with Crippen molar-refractivity contribution < 1.29 is 9.47 Å². The maximum absolute atomic E-state index is 6.00. The molecular formula is C22H27N3O2. The molecule has 142 valence electrons. The number of nitrogens with zero attached hydrogens (tertiary/aromatic N) is 2. The number of ether oxygens (including phenoxy) is 2. The Labute approximate surface area is 160 Å². The zero-order valence-corrected chi connectivity index (χ0v) is 16.4. The van der Waals surface area contributed by atoms with Crippen molar-refractivity contribution in [2.24, 2.45) is 7.05 Å². The number of hydrogen-bond acceptors (Lipinski definition) is 4. The molecule has 1 aromatic heterocycles. The van der Waals surface area contributed by atoms with Crippen molar-refractivity contribution in [1.29, 1.82) is 0 Å². The number of rotatable bonds is 8. The summed E-state index contributed by atoms with van der Waals surface area (Å²) in [6.07, 6.45) is 2.06. The molecule has 5 nitrogen and oxygen atoms in total. The molecule has 0 aliphatic carbocycles. The van der Waals surface area contributed by atoms with Gasteiger partial charge < -0.3 is 14.8 Å². The molecule has 0 saturated heterocycles. The third-order valence-corrected chi connectivity index (χ3v) is 4.60. The first-order valence-corrected chi connectivity index (χ1v) is 9.14. The first kappa shape index (κ1) is 19.0. The number of hydrogen-bond donors (Lipinski definition) is 1. The Balaban J connectivity index is 1.66. The van der Waals surface area contributed by atoms with Crippen LogP contribution in [-0.4, -0.2) is 16.9 Å². The average Bonchev–Trinajstić information content (AvgIpc) is 3.03. The molecular weight excluding hydrogens is 338 g/mol. The van der Waals surface area contributed by atoms with E-state index >= 15 is 0 Å². The van der Waals surface area contributed by atoms with Crippen LogP contribution in [0.1, 0.15) is 35.3 Å². The molecule has 0 aliphatic rings. The Bertz CT molecular complexity index is 875. The maximum Gasteiger partial charge on any atom is 0.161 e. The minimum atomic E-state index is 0.217. The largest absolute Gasteiger partial charge is 0.493 e. The molecule has 0 amide bonds. The fourth-order valence-corrected chi connectivity index (χ4v) is 3.10. The highest BCUT2D eigenvalue weighted by molar-refractivity contribution is 5.43. The van der Waals surface area contributed by atoms with Gasteiger partial charge in [-0.25, -0.2) is 0 Å². The van der Waals surface area contributed by atoms with E-state index in [1.807, 2.05) is 49.0 Å². The summed E-state index contributed by atoms with van der Waals surface area (Å²) in [6.45, 7) is 5.44. The van der Waals surface area contributed by atoms with Gasteiger partial charge in [-0.2, -0.15) is 5.10 Å². The van der Waals surface area contributed by atoms with Crippen molar-refractivity contribution in [2.45, 2.75) is 33.0 Å². The quantitative estimate of drug-likeness (QED) is 0.651. The van der Waals surface area contributed by atoms with Gasteiger partial charge in [0, 0.05) is 31.4 Å². The summed E-state index contributed by atoms with van der Waals surface area (Å²) in [5.74, 6) is 1.50. The fourth-order valence-electron chi connectivity index (χ4n) is 3.10. The molecule has 5 heteroatoms. The summed E-state index contributed by atoms with van der Waals surface area (Å²) in [6, 6.07) is 16.4. The number of aryl methyl sites for hydroxylation is 2. The SMILES string of the molecule is COc1ccc(CNC(C)c2cn(C)nc2C)cc1OCc1ccccc1. The molecule has 0 fully saturated rings. The van der Waals surface area contributed by atoms with Gasteiger partial charge in [0.2, 0.25) is 0 Å². The molecule has 0 spiro atoms. The topological polar surface area (TPSA) is 48.3 Å². The van der Waals surface area contributed by atoms with Crippen LogP contribution in [0.2, 0.25) is 0 Å². The molecule has 0 aliphatic heterocycles. The molecule has 27 heavy (non-hydrogen) atoms. The molecule has 1 N–H and O–H groups in total. The van der Waals surface area contributed by atoms with E-state index < -0.39 is 0 Å². The van der Waals surface area contributed by atoms with Gasteiger partial charge in [-0.05, 0) is 37.1 Å². The monoisotopic (exact) mass is 365 g/mol. The minimum Gasteiger partial charge on any atom is -0.493 e. The van der Waals surface area contributed by atoms with E-state index in [0.29, 0.717) is 6.61 Å². The lowest BCUT2D eigenvalue weighted by Crippen LogP contribution is -2.18. The standard InChI is InChI=1S/C22H27N3O2/c1-16(20-14-25(3)24-17(20)2)23-13-19-10-11-21(26-4)22(12-19)27-15-18-8-6-5-7-9-18/h5-12,14,16,23H,13,15H2,1-4H3. The van der Waals surface area contributed by atoms with E-state index in [-0.39, 0.29) is 6.04 Å². The van der Waals surface area contributed by atoms with Crippen LogP contribution in [0.5, 0.6) is 11.5 Å². The van der Waals surface area contributed by atoms with Crippen LogP contribution in [0.25, 0.3) is 0 Å². The summed E-state index contributed by atoms with van der Waals surface area (Å²) in [5, 5.41) is 7.98. The molecule has 1 unspecified atom stereocenters. The lowest BCUT2D eigenvalue weighted by molar-refractivity contribution is 0.284. The molecule has 3 rings (SSSR count). The normalized spacial score (nSPS) is 12.0. The lowest BCUT2D eigenvalue weighted by Gasteiger charge is -2.15. The average molecular weight is 365 g/mol. The van der Waals surface area contributed by atoms with Crippen LogP contribution in [0.3, 0.4) is 0 Å². The van der Waals surface area contributed by atoms with Gasteiger partial charge in [0.05, 0.1) is 12.8 Å². The number of nitrogens with one attached hydrogen (secondary N) is 1. The molecule has 3 aromatic rings. The zero-order chi connectivity index (χ0) is 19.2. The summed E-state index contributed by atoms with van der Waals surface area (Å²) in [4.78, 5) is 0. The van der Waals surface area contributed by atoms with Crippen LogP contribution >= 0.6 is 0 Å². The van der Waals surface area contributed by atoms with Crippen molar-refractivity contribution >= 4 is 0 Å². The number of methoxy groups -OCH3 is 1. The second kappa shape index (κ2) is 8.73. The summed E-state index contributed by atoms with van der Waals surface area (Å²) >= 11 is 0. The minimum absolute atomic E-state index is 0.217. The zero-order valence-electron chi connectivity index (χ0n) is 16.4. The van der Waals surface area contributed by atoms with Gasteiger partial charge in [-0.15, -0.1) is 0 Å². The highest BCUT2D eigenvalue weighted by atomic mass is 16.5. The van der Waals surface area contributed by atoms with E-state index in [9.17, 15) is 0 Å². The summed E-state index contributed by atoms with van der Waals surface area (Å²) < 4.78 is 13.3. The Hall–Kier alpha value is -2.79. The molecule has 0 bridgehead atoms. The second-order valence-electron chi connectivity index (χ2n) is 6.71. The van der Waals surface area contributed by atoms with Crippen molar-refractivity contribution in [3.63, 3.8) is 0 Å².